The SMILES string of the molecule is Nc1ccc(C(=O)NC2C=CS(=O)(=O)C2)nc1. The van der Waals surface area contributed by atoms with Crippen molar-refractivity contribution in [1.82, 2.24) is 10.3 Å². The van der Waals surface area contributed by atoms with Crippen LogP contribution in [0.1, 0.15) is 10.5 Å². The lowest BCUT2D eigenvalue weighted by Gasteiger charge is -2.09. The van der Waals surface area contributed by atoms with Crippen LogP contribution in [0, 0.1) is 0 Å². The molecule has 0 bridgehead atoms. The van der Waals surface area contributed by atoms with E-state index in [-0.39, 0.29) is 11.4 Å². The molecule has 2 rings (SSSR count). The normalized spacial score (nSPS) is 21.3. The van der Waals surface area contributed by atoms with Gasteiger partial charge in [-0.05, 0) is 18.2 Å². The van der Waals surface area contributed by atoms with Gasteiger partial charge in [-0.25, -0.2) is 13.4 Å². The van der Waals surface area contributed by atoms with E-state index in [0.29, 0.717) is 5.69 Å². The fourth-order valence-corrected chi connectivity index (χ4v) is 2.68. The zero-order valence-corrected chi connectivity index (χ0v) is 9.65. The summed E-state index contributed by atoms with van der Waals surface area (Å²) in [6.07, 6.45) is 2.82. The minimum atomic E-state index is -3.17. The third kappa shape index (κ3) is 2.82. The predicted molar refractivity (Wildman–Crippen MR) is 62.8 cm³/mol. The molecular weight excluding hydrogens is 242 g/mol. The number of nitrogens with zero attached hydrogens (tertiary/aromatic N) is 1. The van der Waals surface area contributed by atoms with E-state index in [1.54, 1.807) is 6.07 Å². The van der Waals surface area contributed by atoms with Gasteiger partial charge in [0.1, 0.15) is 5.69 Å². The molecule has 2 heterocycles. The van der Waals surface area contributed by atoms with Gasteiger partial charge in [-0.1, -0.05) is 0 Å². The number of aromatic nitrogens is 1. The Hall–Kier alpha value is -1.89. The number of carbonyl (C=O) groups excluding carboxylic acids is 1. The maximum Gasteiger partial charge on any atom is 0.270 e. The zero-order chi connectivity index (χ0) is 12.5. The number of nitrogen functional groups attached to an aromatic ring is 1. The maximum atomic E-state index is 11.7. The molecule has 0 spiro atoms. The predicted octanol–water partition coefficient (Wildman–Crippen LogP) is -0.296. The second kappa shape index (κ2) is 4.17. The van der Waals surface area contributed by atoms with Gasteiger partial charge in [0.25, 0.3) is 5.91 Å². The van der Waals surface area contributed by atoms with Crippen molar-refractivity contribution in [3.05, 3.63) is 35.5 Å². The third-order valence-corrected chi connectivity index (χ3v) is 3.66. The molecule has 7 heteroatoms. The quantitative estimate of drug-likeness (QED) is 0.753. The van der Waals surface area contributed by atoms with Crippen LogP contribution in [-0.2, 0) is 9.84 Å². The van der Waals surface area contributed by atoms with Crippen molar-refractivity contribution >= 4 is 21.4 Å². The summed E-state index contributed by atoms with van der Waals surface area (Å²) >= 11 is 0. The van der Waals surface area contributed by atoms with Crippen LogP contribution in [0.25, 0.3) is 0 Å². The number of anilines is 1. The van der Waals surface area contributed by atoms with Crippen molar-refractivity contribution in [3.63, 3.8) is 0 Å². The Labute approximate surface area is 98.5 Å². The van der Waals surface area contributed by atoms with Crippen molar-refractivity contribution in [1.29, 1.82) is 0 Å². The molecule has 1 unspecified atom stereocenters. The fraction of sp³-hybridized carbons (Fsp3) is 0.200. The minimum Gasteiger partial charge on any atom is -0.397 e. The van der Waals surface area contributed by atoms with E-state index < -0.39 is 21.8 Å². The van der Waals surface area contributed by atoms with Gasteiger partial charge in [0.05, 0.1) is 23.7 Å². The average Bonchev–Trinajstić information content (AvgIpc) is 2.59. The van der Waals surface area contributed by atoms with Crippen LogP contribution in [-0.4, -0.2) is 31.1 Å². The minimum absolute atomic E-state index is 0.103. The summed E-state index contributed by atoms with van der Waals surface area (Å²) < 4.78 is 22.3. The molecule has 6 nitrogen and oxygen atoms in total. The first kappa shape index (κ1) is 11.6. The number of sulfone groups is 1. The molecule has 1 amide bonds. The Balaban J connectivity index is 2.04. The second-order valence-electron chi connectivity index (χ2n) is 3.71. The molecule has 1 aliphatic rings. The lowest BCUT2D eigenvalue weighted by atomic mass is 10.3. The molecule has 3 N–H and O–H groups in total. The van der Waals surface area contributed by atoms with Crippen LogP contribution in [0.3, 0.4) is 0 Å². The highest BCUT2D eigenvalue weighted by molar-refractivity contribution is 7.94. The summed E-state index contributed by atoms with van der Waals surface area (Å²) in [5.74, 6) is -0.523. The smallest absolute Gasteiger partial charge is 0.270 e. The Morgan fingerprint density at radius 3 is 2.76 bits per heavy atom. The highest BCUT2D eigenvalue weighted by Gasteiger charge is 2.23. The van der Waals surface area contributed by atoms with Gasteiger partial charge in [0.2, 0.25) is 0 Å². The van der Waals surface area contributed by atoms with Crippen molar-refractivity contribution in [3.8, 4) is 0 Å². The standard InChI is InChI=1S/C10H11N3O3S/c11-7-1-2-9(12-5-7)10(14)13-8-3-4-17(15,16)6-8/h1-5,8H,6,11H2,(H,13,14). The monoisotopic (exact) mass is 253 g/mol. The topological polar surface area (TPSA) is 102 Å². The Kier molecular flexibility index (Phi) is 2.84. The van der Waals surface area contributed by atoms with Gasteiger partial charge in [-0.15, -0.1) is 0 Å². The van der Waals surface area contributed by atoms with Crippen LogP contribution < -0.4 is 11.1 Å². The van der Waals surface area contributed by atoms with E-state index in [0.717, 1.165) is 5.41 Å². The van der Waals surface area contributed by atoms with Crippen molar-refractivity contribution in [2.75, 3.05) is 11.5 Å². The first-order valence-corrected chi connectivity index (χ1v) is 6.61. The summed E-state index contributed by atoms with van der Waals surface area (Å²) in [4.78, 5) is 15.5. The highest BCUT2D eigenvalue weighted by Crippen LogP contribution is 2.09. The zero-order valence-electron chi connectivity index (χ0n) is 8.83. The first-order valence-electron chi connectivity index (χ1n) is 4.90. The average molecular weight is 253 g/mol. The Morgan fingerprint density at radius 2 is 2.24 bits per heavy atom. The molecule has 0 aromatic carbocycles. The highest BCUT2D eigenvalue weighted by atomic mass is 32.2. The van der Waals surface area contributed by atoms with Gasteiger partial charge in [-0.3, -0.25) is 4.79 Å². The van der Waals surface area contributed by atoms with Crippen molar-refractivity contribution in [2.24, 2.45) is 0 Å². The molecule has 17 heavy (non-hydrogen) atoms. The molecule has 0 aliphatic carbocycles. The number of nitrogens with two attached hydrogens (primary N) is 1. The van der Waals surface area contributed by atoms with Crippen LogP contribution >= 0.6 is 0 Å². The first-order chi connectivity index (χ1) is 7.96. The lowest BCUT2D eigenvalue weighted by molar-refractivity contribution is 0.0943. The van der Waals surface area contributed by atoms with Crippen LogP contribution in [0.2, 0.25) is 0 Å². The van der Waals surface area contributed by atoms with Gasteiger partial charge in [0, 0.05) is 5.41 Å². The van der Waals surface area contributed by atoms with E-state index >= 15 is 0 Å². The van der Waals surface area contributed by atoms with Crippen LogP contribution in [0.15, 0.2) is 29.8 Å². The van der Waals surface area contributed by atoms with Crippen LogP contribution in [0.4, 0.5) is 5.69 Å². The number of amides is 1. The molecule has 0 saturated carbocycles. The fourth-order valence-electron chi connectivity index (χ4n) is 1.45. The van der Waals surface area contributed by atoms with E-state index in [4.69, 9.17) is 5.73 Å². The van der Waals surface area contributed by atoms with Crippen LogP contribution in [0.5, 0.6) is 0 Å². The number of hydrogen-bond donors (Lipinski definition) is 2. The molecule has 90 valence electrons. The molecule has 1 aromatic heterocycles. The van der Waals surface area contributed by atoms with Gasteiger partial charge in [-0.2, -0.15) is 0 Å². The number of pyridine rings is 1. The second-order valence-corrected chi connectivity index (χ2v) is 5.65. The number of carbonyl (C=O) groups is 1. The summed E-state index contributed by atoms with van der Waals surface area (Å²) in [5, 5.41) is 3.67. The lowest BCUT2D eigenvalue weighted by Crippen LogP contribution is -2.35. The van der Waals surface area contributed by atoms with E-state index in [9.17, 15) is 13.2 Å². The van der Waals surface area contributed by atoms with E-state index in [1.165, 1.54) is 18.3 Å². The summed E-state index contributed by atoms with van der Waals surface area (Å²) in [5.41, 5.74) is 6.11. The van der Waals surface area contributed by atoms with Crippen molar-refractivity contribution in [2.45, 2.75) is 6.04 Å². The number of rotatable bonds is 2. The molecule has 1 aliphatic heterocycles. The number of hydrogen-bond acceptors (Lipinski definition) is 5. The van der Waals surface area contributed by atoms with E-state index in [2.05, 4.69) is 10.3 Å². The van der Waals surface area contributed by atoms with Gasteiger partial charge < -0.3 is 11.1 Å². The maximum absolute atomic E-state index is 11.7. The molecule has 1 atom stereocenters. The third-order valence-electron chi connectivity index (χ3n) is 2.27. The number of nitrogens with one attached hydrogen (secondary N) is 1. The summed E-state index contributed by atoms with van der Waals surface area (Å²) in [6, 6.07) is 2.55. The largest absolute Gasteiger partial charge is 0.397 e. The molecule has 0 fully saturated rings. The summed E-state index contributed by atoms with van der Waals surface area (Å²) in [7, 11) is -3.17. The molecule has 0 radical (unpaired) electrons. The Morgan fingerprint density at radius 1 is 1.47 bits per heavy atom. The van der Waals surface area contributed by atoms with Gasteiger partial charge in [0.15, 0.2) is 9.84 Å². The molecule has 1 aromatic rings. The van der Waals surface area contributed by atoms with E-state index in [1.807, 2.05) is 0 Å². The molecular formula is C10H11N3O3S. The van der Waals surface area contributed by atoms with Gasteiger partial charge >= 0.3 is 0 Å². The Bertz CT molecular complexity index is 563. The molecule has 0 saturated heterocycles. The van der Waals surface area contributed by atoms with Crippen molar-refractivity contribution < 1.29 is 13.2 Å². The summed E-state index contributed by atoms with van der Waals surface area (Å²) in [6.45, 7) is 0.